The summed E-state index contributed by atoms with van der Waals surface area (Å²) in [7, 11) is -1.97. The van der Waals surface area contributed by atoms with Gasteiger partial charge in [-0.2, -0.15) is 9.40 Å². The molecule has 0 fully saturated rings. The number of carbonyl (C=O) groups is 1. The number of esters is 1. The molecule has 0 bridgehead atoms. The topological polar surface area (TPSA) is 81.5 Å². The Hall–Kier alpha value is -2.19. The maximum Gasteiger partial charge on any atom is 0.356 e. The van der Waals surface area contributed by atoms with Crippen molar-refractivity contribution in [1.29, 1.82) is 0 Å². The molecule has 0 aliphatic carbocycles. The summed E-state index contributed by atoms with van der Waals surface area (Å²) >= 11 is 0. The predicted molar refractivity (Wildman–Crippen MR) is 96.4 cm³/mol. The van der Waals surface area contributed by atoms with Gasteiger partial charge in [-0.25, -0.2) is 13.2 Å². The van der Waals surface area contributed by atoms with Gasteiger partial charge < -0.3 is 4.74 Å². The minimum absolute atomic E-state index is 0.118. The molecule has 1 aromatic carbocycles. The van der Waals surface area contributed by atoms with E-state index in [1.54, 1.807) is 26.1 Å². The molecule has 0 radical (unpaired) electrons. The van der Waals surface area contributed by atoms with Gasteiger partial charge in [0.1, 0.15) is 0 Å². The van der Waals surface area contributed by atoms with Gasteiger partial charge in [0, 0.05) is 32.1 Å². The zero-order chi connectivity index (χ0) is 19.1. The lowest BCUT2D eigenvalue weighted by Gasteiger charge is -2.26. The zero-order valence-electron chi connectivity index (χ0n) is 15.4. The maximum atomic E-state index is 13.1. The first-order valence-corrected chi connectivity index (χ1v) is 9.99. The fourth-order valence-corrected chi connectivity index (χ4v) is 4.65. The van der Waals surface area contributed by atoms with Crippen LogP contribution in [0.3, 0.4) is 0 Å². The minimum atomic E-state index is -3.65. The summed E-state index contributed by atoms with van der Waals surface area (Å²) in [6.45, 7) is 6.28. The molecule has 0 saturated heterocycles. The van der Waals surface area contributed by atoms with Crippen molar-refractivity contribution in [3.63, 3.8) is 0 Å². The lowest BCUT2D eigenvalue weighted by Crippen LogP contribution is -2.36. The number of aryl methyl sites for hydroxylation is 3. The largest absolute Gasteiger partial charge is 0.461 e. The highest BCUT2D eigenvalue weighted by Crippen LogP contribution is 2.28. The van der Waals surface area contributed by atoms with Crippen molar-refractivity contribution in [1.82, 2.24) is 14.1 Å². The molecule has 3 rings (SSSR count). The van der Waals surface area contributed by atoms with E-state index in [9.17, 15) is 13.2 Å². The predicted octanol–water partition coefficient (Wildman–Crippen LogP) is 1.96. The van der Waals surface area contributed by atoms with Crippen molar-refractivity contribution in [2.24, 2.45) is 7.05 Å². The summed E-state index contributed by atoms with van der Waals surface area (Å²) in [5.41, 5.74) is 3.67. The number of carbonyl (C=O) groups excluding carboxylic acids is 1. The Labute approximate surface area is 153 Å². The van der Waals surface area contributed by atoms with E-state index >= 15 is 0 Å². The van der Waals surface area contributed by atoms with Gasteiger partial charge in [0.05, 0.1) is 17.2 Å². The zero-order valence-corrected chi connectivity index (χ0v) is 16.3. The first-order valence-electron chi connectivity index (χ1n) is 8.55. The van der Waals surface area contributed by atoms with E-state index in [0.29, 0.717) is 24.2 Å². The van der Waals surface area contributed by atoms with Gasteiger partial charge in [-0.1, -0.05) is 6.07 Å². The molecule has 0 atom stereocenters. The molecule has 1 aromatic heterocycles. The number of hydrogen-bond acceptors (Lipinski definition) is 5. The van der Waals surface area contributed by atoms with Gasteiger partial charge in [0.25, 0.3) is 0 Å². The third-order valence-corrected chi connectivity index (χ3v) is 6.59. The standard InChI is InChI=1S/C18H23N3O4S/c1-5-25-18(22)17-15-11-21(9-8-16(15)19-20(17)4)26(23,24)14-7-6-12(2)13(3)10-14/h6-7,10H,5,8-9,11H2,1-4H3. The van der Waals surface area contributed by atoms with E-state index < -0.39 is 16.0 Å². The first kappa shape index (κ1) is 18.6. The SMILES string of the molecule is CCOC(=O)c1c2c(nn1C)CCN(S(=O)(=O)c1ccc(C)c(C)c1)C2. The van der Waals surface area contributed by atoms with E-state index in [1.807, 2.05) is 19.9 Å². The highest BCUT2D eigenvalue weighted by atomic mass is 32.2. The van der Waals surface area contributed by atoms with E-state index in [-0.39, 0.29) is 18.0 Å². The van der Waals surface area contributed by atoms with Gasteiger partial charge in [-0.15, -0.1) is 0 Å². The normalized spacial score (nSPS) is 14.9. The fourth-order valence-electron chi connectivity index (χ4n) is 3.16. The molecule has 26 heavy (non-hydrogen) atoms. The molecule has 0 amide bonds. The van der Waals surface area contributed by atoms with E-state index in [1.165, 1.54) is 8.99 Å². The number of aromatic nitrogens is 2. The fraction of sp³-hybridized carbons (Fsp3) is 0.444. The second-order valence-corrected chi connectivity index (χ2v) is 8.39. The molecule has 1 aliphatic rings. The van der Waals surface area contributed by atoms with E-state index in [4.69, 9.17) is 4.74 Å². The van der Waals surface area contributed by atoms with Crippen LogP contribution in [0.4, 0.5) is 0 Å². The Balaban J connectivity index is 1.97. The Morgan fingerprint density at radius 3 is 2.65 bits per heavy atom. The highest BCUT2D eigenvalue weighted by Gasteiger charge is 2.34. The highest BCUT2D eigenvalue weighted by molar-refractivity contribution is 7.89. The quantitative estimate of drug-likeness (QED) is 0.761. The van der Waals surface area contributed by atoms with Gasteiger partial charge in [-0.05, 0) is 44.0 Å². The Bertz CT molecular complexity index is 963. The minimum Gasteiger partial charge on any atom is -0.461 e. The molecule has 8 heteroatoms. The number of benzene rings is 1. The van der Waals surface area contributed by atoms with Crippen molar-refractivity contribution < 1.29 is 17.9 Å². The molecule has 0 N–H and O–H groups in total. The Morgan fingerprint density at radius 2 is 2.00 bits per heavy atom. The van der Waals surface area contributed by atoms with Crippen LogP contribution >= 0.6 is 0 Å². The average molecular weight is 377 g/mol. The van der Waals surface area contributed by atoms with Crippen molar-refractivity contribution >= 4 is 16.0 Å². The van der Waals surface area contributed by atoms with Crippen molar-refractivity contribution in [2.45, 2.75) is 38.6 Å². The third-order valence-electron chi connectivity index (χ3n) is 4.75. The summed E-state index contributed by atoms with van der Waals surface area (Å²) in [6, 6.07) is 5.13. The van der Waals surface area contributed by atoms with Crippen LogP contribution in [0.25, 0.3) is 0 Å². The lowest BCUT2D eigenvalue weighted by molar-refractivity contribution is 0.0511. The summed E-state index contributed by atoms with van der Waals surface area (Å²) < 4.78 is 34.1. The van der Waals surface area contributed by atoms with E-state index in [0.717, 1.165) is 16.8 Å². The van der Waals surface area contributed by atoms with Crippen LogP contribution in [0.15, 0.2) is 23.1 Å². The number of rotatable bonds is 4. The van der Waals surface area contributed by atoms with Crippen LogP contribution < -0.4 is 0 Å². The average Bonchev–Trinajstić information content (AvgIpc) is 2.92. The van der Waals surface area contributed by atoms with Crippen LogP contribution in [0, 0.1) is 13.8 Å². The van der Waals surface area contributed by atoms with Crippen LogP contribution in [0.5, 0.6) is 0 Å². The molecule has 2 aromatic rings. The molecule has 140 valence electrons. The molecule has 2 heterocycles. The van der Waals surface area contributed by atoms with Crippen molar-refractivity contribution in [2.75, 3.05) is 13.2 Å². The lowest BCUT2D eigenvalue weighted by atomic mass is 10.1. The molecule has 1 aliphatic heterocycles. The molecular formula is C18H23N3O4S. The van der Waals surface area contributed by atoms with E-state index in [2.05, 4.69) is 5.10 Å². The first-order chi connectivity index (χ1) is 12.3. The van der Waals surface area contributed by atoms with Crippen LogP contribution in [0.1, 0.15) is 39.8 Å². The molecular weight excluding hydrogens is 354 g/mol. The number of nitrogens with zero attached hydrogens (tertiary/aromatic N) is 3. The van der Waals surface area contributed by atoms with Crippen molar-refractivity contribution in [3.05, 3.63) is 46.3 Å². The Kier molecular flexibility index (Phi) is 4.90. The molecule has 0 unspecified atom stereocenters. The summed E-state index contributed by atoms with van der Waals surface area (Å²) in [5.74, 6) is -0.478. The maximum absolute atomic E-state index is 13.1. The Morgan fingerprint density at radius 1 is 1.27 bits per heavy atom. The van der Waals surface area contributed by atoms with Crippen LogP contribution in [-0.4, -0.2) is 41.6 Å². The van der Waals surface area contributed by atoms with Crippen molar-refractivity contribution in [3.8, 4) is 0 Å². The second kappa shape index (κ2) is 6.85. The van der Waals surface area contributed by atoms with Gasteiger partial charge in [0.15, 0.2) is 5.69 Å². The monoisotopic (exact) mass is 377 g/mol. The summed E-state index contributed by atoms with van der Waals surface area (Å²) in [6.07, 6.45) is 0.465. The third kappa shape index (κ3) is 3.14. The molecule has 7 nitrogen and oxygen atoms in total. The van der Waals surface area contributed by atoms with Gasteiger partial charge >= 0.3 is 5.97 Å². The second-order valence-electron chi connectivity index (χ2n) is 6.45. The number of fused-ring (bicyclic) bond motifs is 1. The number of hydrogen-bond donors (Lipinski definition) is 0. The number of ether oxygens (including phenoxy) is 1. The van der Waals surface area contributed by atoms with Gasteiger partial charge in [-0.3, -0.25) is 4.68 Å². The smallest absolute Gasteiger partial charge is 0.356 e. The summed E-state index contributed by atoms with van der Waals surface area (Å²) in [5, 5.41) is 4.36. The van der Waals surface area contributed by atoms with Crippen LogP contribution in [-0.2, 0) is 34.8 Å². The van der Waals surface area contributed by atoms with Crippen LogP contribution in [0.2, 0.25) is 0 Å². The van der Waals surface area contributed by atoms with Gasteiger partial charge in [0.2, 0.25) is 10.0 Å². The molecule has 0 spiro atoms. The summed E-state index contributed by atoms with van der Waals surface area (Å²) in [4.78, 5) is 12.5. The molecule has 0 saturated carbocycles. The number of sulfonamides is 1.